The zero-order chi connectivity index (χ0) is 14.8. The van der Waals surface area contributed by atoms with Crippen LogP contribution in [0.4, 0.5) is 0 Å². The van der Waals surface area contributed by atoms with Gasteiger partial charge in [0.25, 0.3) is 0 Å². The van der Waals surface area contributed by atoms with Gasteiger partial charge in [-0.15, -0.1) is 0 Å². The van der Waals surface area contributed by atoms with E-state index >= 15 is 0 Å². The number of hydrogen-bond acceptors (Lipinski definition) is 3. The Morgan fingerprint density at radius 3 is 2.48 bits per heavy atom. The van der Waals surface area contributed by atoms with Crippen LogP contribution in [0.25, 0.3) is 10.8 Å². The Bertz CT molecular complexity index is 815. The summed E-state index contributed by atoms with van der Waals surface area (Å²) in [6.45, 7) is 0. The van der Waals surface area contributed by atoms with Crippen LogP contribution in [0.3, 0.4) is 0 Å². The second-order valence-electron chi connectivity index (χ2n) is 4.49. The van der Waals surface area contributed by atoms with Crippen molar-refractivity contribution in [2.24, 2.45) is 5.73 Å². The molecule has 0 atom stereocenters. The molecule has 0 bridgehead atoms. The standard InChI is InChI=1S/C16H12BrN3S/c17-10-5-8-15(20-9-10)21-14-7-6-13(16(18)19)11-3-1-2-4-12(11)14/h1-9H,(H3,18,19). The fourth-order valence-corrected chi connectivity index (χ4v) is 3.26. The lowest BCUT2D eigenvalue weighted by Crippen LogP contribution is -2.11. The molecule has 0 radical (unpaired) electrons. The van der Waals surface area contributed by atoms with Crippen LogP contribution in [-0.2, 0) is 0 Å². The number of halogens is 1. The van der Waals surface area contributed by atoms with Crippen LogP contribution < -0.4 is 5.73 Å². The molecule has 0 saturated heterocycles. The second-order valence-corrected chi connectivity index (χ2v) is 6.47. The van der Waals surface area contributed by atoms with Crippen LogP contribution in [0, 0.1) is 5.41 Å². The van der Waals surface area contributed by atoms with Gasteiger partial charge in [0.05, 0.1) is 0 Å². The molecule has 3 aromatic rings. The second kappa shape index (κ2) is 5.87. The highest BCUT2D eigenvalue weighted by Gasteiger charge is 2.09. The Labute approximate surface area is 135 Å². The minimum atomic E-state index is 0.0875. The largest absolute Gasteiger partial charge is 0.384 e. The highest BCUT2D eigenvalue weighted by molar-refractivity contribution is 9.10. The van der Waals surface area contributed by atoms with Crippen molar-refractivity contribution < 1.29 is 0 Å². The summed E-state index contributed by atoms with van der Waals surface area (Å²) in [6.07, 6.45) is 1.79. The van der Waals surface area contributed by atoms with Gasteiger partial charge in [0.1, 0.15) is 10.9 Å². The van der Waals surface area contributed by atoms with Crippen molar-refractivity contribution in [2.75, 3.05) is 0 Å². The number of nitrogens with two attached hydrogens (primary N) is 1. The maximum Gasteiger partial charge on any atom is 0.123 e. The number of nitrogens with zero attached hydrogens (tertiary/aromatic N) is 1. The van der Waals surface area contributed by atoms with Crippen molar-refractivity contribution in [3.8, 4) is 0 Å². The van der Waals surface area contributed by atoms with Crippen LogP contribution in [0.2, 0.25) is 0 Å². The topological polar surface area (TPSA) is 62.8 Å². The molecule has 104 valence electrons. The van der Waals surface area contributed by atoms with E-state index < -0.39 is 0 Å². The summed E-state index contributed by atoms with van der Waals surface area (Å²) in [7, 11) is 0. The molecule has 0 saturated carbocycles. The predicted octanol–water partition coefficient (Wildman–Crippen LogP) is 4.43. The average Bonchev–Trinajstić information content (AvgIpc) is 2.49. The van der Waals surface area contributed by atoms with Gasteiger partial charge in [-0.05, 0) is 51.0 Å². The molecular weight excluding hydrogens is 346 g/mol. The fraction of sp³-hybridized carbons (Fsp3) is 0. The number of hydrogen-bond donors (Lipinski definition) is 2. The fourth-order valence-electron chi connectivity index (χ4n) is 2.13. The molecule has 1 aromatic heterocycles. The Morgan fingerprint density at radius 2 is 1.81 bits per heavy atom. The van der Waals surface area contributed by atoms with Gasteiger partial charge in [-0.1, -0.05) is 36.0 Å². The maximum atomic E-state index is 7.69. The molecule has 0 unspecified atom stereocenters. The SMILES string of the molecule is N=C(N)c1ccc(Sc2ccc(Br)cn2)c2ccccc12. The molecule has 3 N–H and O–H groups in total. The van der Waals surface area contributed by atoms with E-state index in [9.17, 15) is 0 Å². The molecule has 2 aromatic carbocycles. The first-order chi connectivity index (χ1) is 10.1. The molecule has 5 heteroatoms. The van der Waals surface area contributed by atoms with E-state index in [4.69, 9.17) is 11.1 Å². The lowest BCUT2D eigenvalue weighted by atomic mass is 10.0. The lowest BCUT2D eigenvalue weighted by Gasteiger charge is -2.09. The van der Waals surface area contributed by atoms with E-state index in [1.165, 1.54) is 0 Å². The Balaban J connectivity index is 2.09. The number of fused-ring (bicyclic) bond motifs is 1. The molecule has 3 rings (SSSR count). The summed E-state index contributed by atoms with van der Waals surface area (Å²) in [4.78, 5) is 5.49. The molecule has 1 heterocycles. The molecule has 0 aliphatic carbocycles. The third-order valence-electron chi connectivity index (χ3n) is 3.09. The number of pyridine rings is 1. The van der Waals surface area contributed by atoms with Crippen molar-refractivity contribution in [1.29, 1.82) is 5.41 Å². The molecule has 0 fully saturated rings. The highest BCUT2D eigenvalue weighted by Crippen LogP contribution is 2.34. The van der Waals surface area contributed by atoms with E-state index in [2.05, 4.69) is 20.9 Å². The smallest absolute Gasteiger partial charge is 0.123 e. The van der Waals surface area contributed by atoms with E-state index in [0.29, 0.717) is 0 Å². The Hall–Kier alpha value is -1.85. The zero-order valence-electron chi connectivity index (χ0n) is 11.0. The summed E-state index contributed by atoms with van der Waals surface area (Å²) in [5.41, 5.74) is 6.42. The lowest BCUT2D eigenvalue weighted by molar-refractivity contribution is 1.12. The minimum Gasteiger partial charge on any atom is -0.384 e. The number of aromatic nitrogens is 1. The summed E-state index contributed by atoms with van der Waals surface area (Å²) >= 11 is 4.99. The van der Waals surface area contributed by atoms with Crippen LogP contribution >= 0.6 is 27.7 Å². The minimum absolute atomic E-state index is 0.0875. The van der Waals surface area contributed by atoms with Crippen molar-refractivity contribution >= 4 is 44.3 Å². The highest BCUT2D eigenvalue weighted by atomic mass is 79.9. The van der Waals surface area contributed by atoms with Gasteiger partial charge in [-0.25, -0.2) is 4.98 Å². The Morgan fingerprint density at radius 1 is 1.05 bits per heavy atom. The van der Waals surface area contributed by atoms with Gasteiger partial charge >= 0.3 is 0 Å². The van der Waals surface area contributed by atoms with E-state index in [1.807, 2.05) is 48.5 Å². The van der Waals surface area contributed by atoms with Crippen LogP contribution in [0.1, 0.15) is 5.56 Å². The predicted molar refractivity (Wildman–Crippen MR) is 91.0 cm³/mol. The van der Waals surface area contributed by atoms with Crippen LogP contribution in [0.15, 0.2) is 69.1 Å². The number of nitrogens with one attached hydrogen (secondary N) is 1. The van der Waals surface area contributed by atoms with E-state index in [1.54, 1.807) is 18.0 Å². The first-order valence-electron chi connectivity index (χ1n) is 6.31. The van der Waals surface area contributed by atoms with E-state index in [0.717, 1.165) is 30.7 Å². The Kier molecular flexibility index (Phi) is 3.94. The van der Waals surface area contributed by atoms with Gasteiger partial charge in [0.15, 0.2) is 0 Å². The quantitative estimate of drug-likeness (QED) is 0.538. The first-order valence-corrected chi connectivity index (χ1v) is 7.91. The van der Waals surface area contributed by atoms with Crippen molar-refractivity contribution in [3.05, 3.63) is 64.8 Å². The molecular formula is C16H12BrN3S. The number of nitrogen functional groups attached to an aromatic ring is 1. The first kappa shape index (κ1) is 14.1. The summed E-state index contributed by atoms with van der Waals surface area (Å²) in [5.74, 6) is 0.0875. The van der Waals surface area contributed by atoms with Crippen LogP contribution in [-0.4, -0.2) is 10.8 Å². The monoisotopic (exact) mass is 357 g/mol. The summed E-state index contributed by atoms with van der Waals surface area (Å²) in [5, 5.41) is 10.7. The van der Waals surface area contributed by atoms with Gasteiger partial charge in [0.2, 0.25) is 0 Å². The van der Waals surface area contributed by atoms with Crippen molar-refractivity contribution in [3.63, 3.8) is 0 Å². The summed E-state index contributed by atoms with van der Waals surface area (Å²) < 4.78 is 0.962. The van der Waals surface area contributed by atoms with Crippen LogP contribution in [0.5, 0.6) is 0 Å². The molecule has 3 nitrogen and oxygen atoms in total. The van der Waals surface area contributed by atoms with E-state index in [-0.39, 0.29) is 5.84 Å². The van der Waals surface area contributed by atoms with Crippen molar-refractivity contribution in [2.45, 2.75) is 9.92 Å². The third-order valence-corrected chi connectivity index (χ3v) is 4.58. The third kappa shape index (κ3) is 2.94. The normalized spacial score (nSPS) is 10.7. The molecule has 0 aliphatic heterocycles. The average molecular weight is 358 g/mol. The molecule has 0 amide bonds. The van der Waals surface area contributed by atoms with Gasteiger partial charge in [-0.3, -0.25) is 5.41 Å². The number of rotatable bonds is 3. The van der Waals surface area contributed by atoms with Gasteiger partial charge in [0, 0.05) is 21.1 Å². The molecule has 0 aliphatic rings. The molecule has 21 heavy (non-hydrogen) atoms. The zero-order valence-corrected chi connectivity index (χ0v) is 13.4. The number of benzene rings is 2. The van der Waals surface area contributed by atoms with Gasteiger partial charge in [-0.2, -0.15) is 0 Å². The van der Waals surface area contributed by atoms with Gasteiger partial charge < -0.3 is 5.73 Å². The maximum absolute atomic E-state index is 7.69. The van der Waals surface area contributed by atoms with Crippen molar-refractivity contribution in [1.82, 2.24) is 4.98 Å². The number of amidine groups is 1. The molecule has 0 spiro atoms. The summed E-state index contributed by atoms with van der Waals surface area (Å²) in [6, 6.07) is 15.8.